The number of hydrogen-bond acceptors (Lipinski definition) is 8. The summed E-state index contributed by atoms with van der Waals surface area (Å²) in [4.78, 5) is 20.5. The molecule has 0 fully saturated rings. The van der Waals surface area contributed by atoms with Crippen molar-refractivity contribution >= 4 is 23.0 Å². The molecule has 3 rings (SSSR count). The number of nitro benzene ring substituents is 2. The highest BCUT2D eigenvalue weighted by molar-refractivity contribution is 6.30. The number of rotatable bonds is 6. The van der Waals surface area contributed by atoms with E-state index in [1.807, 2.05) is 0 Å². The Labute approximate surface area is 150 Å². The Hall–Kier alpha value is -3.53. The van der Waals surface area contributed by atoms with E-state index < -0.39 is 9.85 Å². The SMILES string of the molecule is O=[N+]([O-])c1ccc(-c2nnc(COc3ccc(Cl)cc3[N+](=O)[O-])o2)cc1. The Morgan fingerprint density at radius 3 is 2.42 bits per heavy atom. The molecule has 1 heterocycles. The van der Waals surface area contributed by atoms with Crippen LogP contribution in [0.25, 0.3) is 11.5 Å². The van der Waals surface area contributed by atoms with Crippen molar-refractivity contribution in [1.82, 2.24) is 10.2 Å². The Bertz CT molecular complexity index is 973. The molecule has 0 bridgehead atoms. The zero-order valence-electron chi connectivity index (χ0n) is 12.9. The van der Waals surface area contributed by atoms with Gasteiger partial charge in [-0.2, -0.15) is 0 Å². The number of aromatic nitrogens is 2. The maximum Gasteiger partial charge on any atom is 0.312 e. The van der Waals surface area contributed by atoms with Crippen molar-refractivity contribution in [2.45, 2.75) is 6.61 Å². The zero-order valence-corrected chi connectivity index (χ0v) is 13.6. The molecule has 11 heteroatoms. The molecule has 0 amide bonds. The first-order valence-electron chi connectivity index (χ1n) is 7.08. The quantitative estimate of drug-likeness (QED) is 0.468. The lowest BCUT2D eigenvalue weighted by molar-refractivity contribution is -0.386. The molecule has 0 saturated heterocycles. The third-order valence-corrected chi connectivity index (χ3v) is 3.50. The van der Waals surface area contributed by atoms with Crippen molar-refractivity contribution in [3.63, 3.8) is 0 Å². The van der Waals surface area contributed by atoms with E-state index in [4.69, 9.17) is 20.8 Å². The van der Waals surface area contributed by atoms with Crippen molar-refractivity contribution in [3.8, 4) is 17.2 Å². The number of benzene rings is 2. The summed E-state index contributed by atoms with van der Waals surface area (Å²) >= 11 is 5.74. The molecule has 26 heavy (non-hydrogen) atoms. The van der Waals surface area contributed by atoms with E-state index in [2.05, 4.69) is 10.2 Å². The molecule has 0 aliphatic heterocycles. The second-order valence-corrected chi connectivity index (χ2v) is 5.40. The first-order chi connectivity index (χ1) is 12.4. The number of non-ortho nitro benzene ring substituents is 1. The van der Waals surface area contributed by atoms with E-state index in [1.54, 1.807) is 0 Å². The van der Waals surface area contributed by atoms with Gasteiger partial charge in [0.2, 0.25) is 5.89 Å². The average Bonchev–Trinajstić information content (AvgIpc) is 3.09. The van der Waals surface area contributed by atoms with Crippen LogP contribution in [-0.2, 0) is 6.61 Å². The maximum absolute atomic E-state index is 11.0. The van der Waals surface area contributed by atoms with Gasteiger partial charge in [-0.15, -0.1) is 10.2 Å². The molecule has 0 aliphatic carbocycles. The first-order valence-corrected chi connectivity index (χ1v) is 7.46. The van der Waals surface area contributed by atoms with Gasteiger partial charge in [0.15, 0.2) is 12.4 Å². The van der Waals surface area contributed by atoms with Crippen molar-refractivity contribution in [3.05, 3.63) is 73.6 Å². The largest absolute Gasteiger partial charge is 0.477 e. The molecule has 1 aromatic heterocycles. The van der Waals surface area contributed by atoms with Gasteiger partial charge < -0.3 is 9.15 Å². The van der Waals surface area contributed by atoms with Crippen LogP contribution < -0.4 is 4.74 Å². The molecular formula is C15H9ClN4O6. The maximum atomic E-state index is 11.0. The Morgan fingerprint density at radius 2 is 1.77 bits per heavy atom. The fourth-order valence-corrected chi connectivity index (χ4v) is 2.22. The molecule has 132 valence electrons. The predicted octanol–water partition coefficient (Wildman–Crippen LogP) is 3.79. The summed E-state index contributed by atoms with van der Waals surface area (Å²) in [5, 5.41) is 29.5. The van der Waals surface area contributed by atoms with E-state index >= 15 is 0 Å². The monoisotopic (exact) mass is 376 g/mol. The molecular weight excluding hydrogens is 368 g/mol. The van der Waals surface area contributed by atoms with Crippen LogP contribution in [0, 0.1) is 20.2 Å². The Balaban J connectivity index is 1.73. The van der Waals surface area contributed by atoms with E-state index in [0.717, 1.165) is 0 Å². The van der Waals surface area contributed by atoms with Crippen LogP contribution >= 0.6 is 11.6 Å². The van der Waals surface area contributed by atoms with Crippen LogP contribution in [-0.4, -0.2) is 20.0 Å². The number of hydrogen-bond donors (Lipinski definition) is 0. The summed E-state index contributed by atoms with van der Waals surface area (Å²) in [6.45, 7) is -0.192. The van der Waals surface area contributed by atoms with Gasteiger partial charge in [0.05, 0.1) is 9.85 Å². The summed E-state index contributed by atoms with van der Waals surface area (Å²) < 4.78 is 10.8. The second kappa shape index (κ2) is 7.15. The molecule has 10 nitrogen and oxygen atoms in total. The highest BCUT2D eigenvalue weighted by Gasteiger charge is 2.17. The van der Waals surface area contributed by atoms with Gasteiger partial charge in [-0.3, -0.25) is 20.2 Å². The summed E-state index contributed by atoms with van der Waals surface area (Å²) in [6, 6.07) is 9.57. The summed E-state index contributed by atoms with van der Waals surface area (Å²) in [7, 11) is 0. The smallest absolute Gasteiger partial charge is 0.312 e. The van der Waals surface area contributed by atoms with Gasteiger partial charge in [-0.1, -0.05) is 11.6 Å². The van der Waals surface area contributed by atoms with Gasteiger partial charge in [0, 0.05) is 28.8 Å². The van der Waals surface area contributed by atoms with Gasteiger partial charge in [-0.05, 0) is 24.3 Å². The molecule has 2 aromatic carbocycles. The minimum Gasteiger partial charge on any atom is -0.477 e. The van der Waals surface area contributed by atoms with Crippen molar-refractivity contribution < 1.29 is 19.0 Å². The molecule has 0 N–H and O–H groups in total. The third kappa shape index (κ3) is 3.75. The van der Waals surface area contributed by atoms with Crippen molar-refractivity contribution in [2.75, 3.05) is 0 Å². The fourth-order valence-electron chi connectivity index (χ4n) is 2.05. The first kappa shape index (κ1) is 17.3. The summed E-state index contributed by atoms with van der Waals surface area (Å²) in [6.07, 6.45) is 0. The fraction of sp³-hybridized carbons (Fsp3) is 0.0667. The molecule has 0 aliphatic rings. The van der Waals surface area contributed by atoms with Crippen LogP contribution in [0.2, 0.25) is 5.02 Å². The number of nitro groups is 2. The van der Waals surface area contributed by atoms with E-state index in [0.29, 0.717) is 5.56 Å². The number of ether oxygens (including phenoxy) is 1. The molecule has 0 saturated carbocycles. The second-order valence-electron chi connectivity index (χ2n) is 4.96. The lowest BCUT2D eigenvalue weighted by Gasteiger charge is -2.04. The van der Waals surface area contributed by atoms with Crippen LogP contribution in [0.3, 0.4) is 0 Å². The molecule has 3 aromatic rings. The minimum absolute atomic E-state index is 0.00878. The number of halogens is 1. The average molecular weight is 377 g/mol. The standard InChI is InChI=1S/C15H9ClN4O6/c16-10-3-6-13(12(7-10)20(23)24)25-8-14-17-18-15(26-14)9-1-4-11(5-2-9)19(21)22/h1-7H,8H2. The lowest BCUT2D eigenvalue weighted by Crippen LogP contribution is -1.99. The van der Waals surface area contributed by atoms with Crippen LogP contribution in [0.15, 0.2) is 46.9 Å². The zero-order chi connectivity index (χ0) is 18.7. The topological polar surface area (TPSA) is 134 Å². The van der Waals surface area contributed by atoms with E-state index in [1.165, 1.54) is 42.5 Å². The predicted molar refractivity (Wildman–Crippen MR) is 88.8 cm³/mol. The molecule has 0 atom stereocenters. The van der Waals surface area contributed by atoms with Gasteiger partial charge >= 0.3 is 5.69 Å². The number of nitrogens with zero attached hydrogens (tertiary/aromatic N) is 4. The highest BCUT2D eigenvalue weighted by Crippen LogP contribution is 2.30. The molecule has 0 radical (unpaired) electrons. The lowest BCUT2D eigenvalue weighted by atomic mass is 10.2. The normalized spacial score (nSPS) is 10.5. The Morgan fingerprint density at radius 1 is 1.04 bits per heavy atom. The third-order valence-electron chi connectivity index (χ3n) is 3.26. The highest BCUT2D eigenvalue weighted by atomic mass is 35.5. The Kier molecular flexibility index (Phi) is 4.76. The van der Waals surface area contributed by atoms with Crippen LogP contribution in [0.1, 0.15) is 5.89 Å². The summed E-state index contributed by atoms with van der Waals surface area (Å²) in [5.41, 5.74) is 0.145. The minimum atomic E-state index is -0.614. The van der Waals surface area contributed by atoms with Crippen LogP contribution in [0.4, 0.5) is 11.4 Å². The molecule has 0 spiro atoms. The van der Waals surface area contributed by atoms with Gasteiger partial charge in [0.25, 0.3) is 11.6 Å². The van der Waals surface area contributed by atoms with E-state index in [9.17, 15) is 20.2 Å². The summed E-state index contributed by atoms with van der Waals surface area (Å²) in [5.74, 6) is 0.237. The molecule has 0 unspecified atom stereocenters. The van der Waals surface area contributed by atoms with Gasteiger partial charge in [-0.25, -0.2) is 0 Å². The van der Waals surface area contributed by atoms with E-state index in [-0.39, 0.29) is 40.5 Å². The van der Waals surface area contributed by atoms with Gasteiger partial charge in [0.1, 0.15) is 0 Å². The van der Waals surface area contributed by atoms with Crippen molar-refractivity contribution in [2.24, 2.45) is 0 Å². The van der Waals surface area contributed by atoms with Crippen LogP contribution in [0.5, 0.6) is 5.75 Å². The van der Waals surface area contributed by atoms with Crippen molar-refractivity contribution in [1.29, 1.82) is 0 Å².